The molecule has 0 aromatic heterocycles. The summed E-state index contributed by atoms with van der Waals surface area (Å²) in [6.45, 7) is 0. The molecule has 0 spiro atoms. The molecule has 5 rings (SSSR count). The number of hydrogen-bond donors (Lipinski definition) is 3. The summed E-state index contributed by atoms with van der Waals surface area (Å²) in [5.41, 5.74) is 4.15. The van der Waals surface area contributed by atoms with Gasteiger partial charge in [0.25, 0.3) is 0 Å². The van der Waals surface area contributed by atoms with Gasteiger partial charge in [-0.05, 0) is 62.6 Å². The minimum atomic E-state index is -0.165. The number of aromatic hydroxyl groups is 2. The maximum Gasteiger partial charge on any atom is 0.172 e. The number of rotatable bonds is 3. The van der Waals surface area contributed by atoms with E-state index in [9.17, 15) is 10.2 Å². The number of nitrogens with one attached hydrogen (secondary N) is 1. The number of ether oxygens (including phenoxy) is 1. The number of methoxy groups -OCH3 is 1. The van der Waals surface area contributed by atoms with E-state index in [0.717, 1.165) is 39.0 Å². The van der Waals surface area contributed by atoms with Gasteiger partial charge in [-0.2, -0.15) is 0 Å². The summed E-state index contributed by atoms with van der Waals surface area (Å²) in [6, 6.07) is 23.0. The van der Waals surface area contributed by atoms with Crippen molar-refractivity contribution in [3.05, 3.63) is 88.4 Å². The van der Waals surface area contributed by atoms with Crippen LogP contribution in [0.4, 0.5) is 11.4 Å². The first kappa shape index (κ1) is 20.4. The highest BCUT2D eigenvalue weighted by molar-refractivity contribution is 9.10. The third kappa shape index (κ3) is 3.56. The Morgan fingerprint density at radius 3 is 2.62 bits per heavy atom. The third-order valence-electron chi connectivity index (χ3n) is 5.76. The monoisotopic (exact) mass is 488 g/mol. The summed E-state index contributed by atoms with van der Waals surface area (Å²) < 4.78 is 5.92. The molecule has 1 unspecified atom stereocenters. The van der Waals surface area contributed by atoms with Crippen molar-refractivity contribution in [1.82, 2.24) is 0 Å². The van der Waals surface area contributed by atoms with Crippen LogP contribution in [0.25, 0.3) is 10.8 Å². The fourth-order valence-electron chi connectivity index (χ4n) is 4.19. The van der Waals surface area contributed by atoms with Crippen LogP contribution in [0.1, 0.15) is 23.6 Å². The van der Waals surface area contributed by atoms with E-state index in [2.05, 4.69) is 21.2 Å². The average molecular weight is 489 g/mol. The van der Waals surface area contributed by atoms with Crippen LogP contribution in [0.3, 0.4) is 0 Å². The molecular formula is C26H21BrN2O3. The Morgan fingerprint density at radius 1 is 1.00 bits per heavy atom. The summed E-state index contributed by atoms with van der Waals surface area (Å²) >= 11 is 3.43. The summed E-state index contributed by atoms with van der Waals surface area (Å²) in [6.07, 6.45) is 0.524. The third-order valence-corrected chi connectivity index (χ3v) is 6.36. The van der Waals surface area contributed by atoms with Gasteiger partial charge >= 0.3 is 0 Å². The van der Waals surface area contributed by atoms with Crippen molar-refractivity contribution in [2.75, 3.05) is 12.4 Å². The van der Waals surface area contributed by atoms with Crippen molar-refractivity contribution in [3.63, 3.8) is 0 Å². The second-order valence-electron chi connectivity index (χ2n) is 7.71. The first-order valence-electron chi connectivity index (χ1n) is 10.3. The van der Waals surface area contributed by atoms with Crippen LogP contribution in [-0.2, 0) is 0 Å². The Hall–Kier alpha value is -3.51. The summed E-state index contributed by atoms with van der Waals surface area (Å²) in [7, 11) is 1.53. The van der Waals surface area contributed by atoms with Crippen molar-refractivity contribution >= 4 is 43.8 Å². The number of nitrogens with zero attached hydrogens (tertiary/aromatic N) is 1. The van der Waals surface area contributed by atoms with Crippen LogP contribution in [0, 0.1) is 0 Å². The second kappa shape index (κ2) is 8.20. The van der Waals surface area contributed by atoms with Gasteiger partial charge in [0.15, 0.2) is 11.5 Å². The van der Waals surface area contributed by atoms with Gasteiger partial charge in [-0.15, -0.1) is 0 Å². The normalized spacial score (nSPS) is 15.4. The SMILES string of the molecule is COc1cc(C2CC(c3c(O)ccc4ccccc34)=Nc3ccccc3N2)cc(Br)c1O. The minimum absolute atomic E-state index is 0.0610. The molecule has 0 bridgehead atoms. The molecule has 1 aliphatic rings. The predicted molar refractivity (Wildman–Crippen MR) is 132 cm³/mol. The molecule has 1 heterocycles. The van der Waals surface area contributed by atoms with Crippen molar-refractivity contribution in [3.8, 4) is 17.2 Å². The van der Waals surface area contributed by atoms with Crippen LogP contribution in [0.5, 0.6) is 17.2 Å². The molecule has 6 heteroatoms. The number of para-hydroxylation sites is 2. The Labute approximate surface area is 194 Å². The van der Waals surface area contributed by atoms with Gasteiger partial charge < -0.3 is 20.3 Å². The Morgan fingerprint density at radius 2 is 1.78 bits per heavy atom. The average Bonchev–Trinajstić information content (AvgIpc) is 3.00. The first-order chi connectivity index (χ1) is 15.5. The van der Waals surface area contributed by atoms with Gasteiger partial charge in [0.1, 0.15) is 5.75 Å². The lowest BCUT2D eigenvalue weighted by Crippen LogP contribution is -2.15. The molecule has 160 valence electrons. The van der Waals surface area contributed by atoms with Crippen molar-refractivity contribution in [2.24, 2.45) is 4.99 Å². The smallest absolute Gasteiger partial charge is 0.172 e. The molecule has 32 heavy (non-hydrogen) atoms. The van der Waals surface area contributed by atoms with Gasteiger partial charge in [0.2, 0.25) is 0 Å². The number of phenols is 2. The number of anilines is 1. The van der Waals surface area contributed by atoms with E-state index in [1.807, 2.05) is 66.7 Å². The zero-order valence-electron chi connectivity index (χ0n) is 17.3. The predicted octanol–water partition coefficient (Wildman–Crippen LogP) is 6.70. The molecule has 4 aromatic rings. The van der Waals surface area contributed by atoms with Gasteiger partial charge in [-0.25, -0.2) is 0 Å². The number of phenolic OH excluding ortho intramolecular Hbond substituents is 2. The molecule has 1 aliphatic heterocycles. The largest absolute Gasteiger partial charge is 0.507 e. The van der Waals surface area contributed by atoms with Crippen LogP contribution < -0.4 is 10.1 Å². The molecule has 5 nitrogen and oxygen atoms in total. The second-order valence-corrected chi connectivity index (χ2v) is 8.57. The highest BCUT2D eigenvalue weighted by Crippen LogP contribution is 2.42. The number of hydrogen-bond acceptors (Lipinski definition) is 5. The zero-order valence-corrected chi connectivity index (χ0v) is 18.9. The number of fused-ring (bicyclic) bond motifs is 2. The molecular weight excluding hydrogens is 468 g/mol. The Bertz CT molecular complexity index is 1370. The van der Waals surface area contributed by atoms with E-state index in [1.165, 1.54) is 7.11 Å². The van der Waals surface area contributed by atoms with Crippen molar-refractivity contribution in [2.45, 2.75) is 12.5 Å². The minimum Gasteiger partial charge on any atom is -0.507 e. The number of aliphatic imine (C=N–C) groups is 1. The molecule has 0 aliphatic carbocycles. The Kier molecular flexibility index (Phi) is 5.23. The van der Waals surface area contributed by atoms with E-state index in [4.69, 9.17) is 9.73 Å². The topological polar surface area (TPSA) is 74.1 Å². The van der Waals surface area contributed by atoms with E-state index in [0.29, 0.717) is 16.6 Å². The molecule has 0 amide bonds. The maximum atomic E-state index is 10.9. The maximum absolute atomic E-state index is 10.9. The summed E-state index contributed by atoms with van der Waals surface area (Å²) in [5, 5.41) is 26.7. The highest BCUT2D eigenvalue weighted by Gasteiger charge is 2.25. The molecule has 4 aromatic carbocycles. The molecule has 0 fully saturated rings. The van der Waals surface area contributed by atoms with Crippen LogP contribution >= 0.6 is 15.9 Å². The molecule has 0 saturated carbocycles. The van der Waals surface area contributed by atoms with Crippen molar-refractivity contribution < 1.29 is 14.9 Å². The molecule has 0 radical (unpaired) electrons. The highest BCUT2D eigenvalue weighted by atomic mass is 79.9. The molecule has 3 N–H and O–H groups in total. The van der Waals surface area contributed by atoms with Gasteiger partial charge in [-0.1, -0.05) is 42.5 Å². The molecule has 0 saturated heterocycles. The van der Waals surface area contributed by atoms with E-state index >= 15 is 0 Å². The Balaban J connectivity index is 1.70. The van der Waals surface area contributed by atoms with Crippen LogP contribution in [-0.4, -0.2) is 23.0 Å². The first-order valence-corrected chi connectivity index (χ1v) is 11.0. The van der Waals surface area contributed by atoms with Gasteiger partial charge in [0, 0.05) is 12.0 Å². The van der Waals surface area contributed by atoms with Gasteiger partial charge in [0.05, 0.1) is 34.7 Å². The summed E-state index contributed by atoms with van der Waals surface area (Å²) in [5.74, 6) is 0.649. The summed E-state index contributed by atoms with van der Waals surface area (Å²) in [4.78, 5) is 4.98. The lowest BCUT2D eigenvalue weighted by molar-refractivity contribution is 0.371. The number of benzene rings is 4. The number of halogens is 1. The van der Waals surface area contributed by atoms with Gasteiger partial charge in [-0.3, -0.25) is 4.99 Å². The standard InChI is InChI=1S/C26H21BrN2O3/c1-32-24-13-16(12-18(27)26(24)31)21-14-22(29-20-9-5-4-8-19(20)28-21)25-17-7-3-2-6-15(17)10-11-23(25)30/h2-13,21,28,30-31H,14H2,1H3. The zero-order chi connectivity index (χ0) is 22.2. The van der Waals surface area contributed by atoms with E-state index in [1.54, 1.807) is 6.07 Å². The quantitative estimate of drug-likeness (QED) is 0.300. The fourth-order valence-corrected chi connectivity index (χ4v) is 4.65. The lowest BCUT2D eigenvalue weighted by Gasteiger charge is -2.21. The van der Waals surface area contributed by atoms with Crippen LogP contribution in [0.15, 0.2) is 82.3 Å². The molecule has 1 atom stereocenters. The van der Waals surface area contributed by atoms with E-state index < -0.39 is 0 Å². The van der Waals surface area contributed by atoms with Crippen molar-refractivity contribution in [1.29, 1.82) is 0 Å². The lowest BCUT2D eigenvalue weighted by atomic mass is 9.93. The van der Waals surface area contributed by atoms with E-state index in [-0.39, 0.29) is 17.5 Å². The fraction of sp³-hybridized carbons (Fsp3) is 0.115. The van der Waals surface area contributed by atoms with Crippen LogP contribution in [0.2, 0.25) is 0 Å².